The van der Waals surface area contributed by atoms with Crippen LogP contribution in [-0.2, 0) is 14.8 Å². The molecule has 8 nitrogen and oxygen atoms in total. The molecule has 9 heteroatoms. The molecule has 1 aromatic heterocycles. The zero-order valence-corrected chi connectivity index (χ0v) is 20.1. The number of hydrogen-bond acceptors (Lipinski definition) is 6. The number of aromatic nitrogens is 1. The van der Waals surface area contributed by atoms with E-state index in [2.05, 4.69) is 4.98 Å². The third kappa shape index (κ3) is 4.79. The van der Waals surface area contributed by atoms with Gasteiger partial charge in [-0.3, -0.25) is 9.69 Å². The second-order valence-electron chi connectivity index (χ2n) is 8.22. The number of aryl methyl sites for hydroxylation is 3. The van der Waals surface area contributed by atoms with Gasteiger partial charge in [0.15, 0.2) is 5.78 Å². The number of carbonyl (C=O) groups excluding carboxylic acids is 2. The SMILES string of the molecule is CCOC(=O)c1c(C)[nH]c(C(=O)CN2CCN(S(=O)(=O)c3ccc(C)cc3C)CC2)c1C. The van der Waals surface area contributed by atoms with E-state index < -0.39 is 16.0 Å². The number of esters is 1. The standard InChI is InChI=1S/C23H31N3O5S/c1-6-31-23(28)21-17(4)22(24-18(21)5)19(27)14-25-9-11-26(12-10-25)32(29,30)20-8-7-15(2)13-16(20)3/h7-8,13,24H,6,9-12,14H2,1-5H3. The largest absolute Gasteiger partial charge is 0.462 e. The number of ketones is 1. The lowest BCUT2D eigenvalue weighted by Crippen LogP contribution is -2.49. The molecule has 1 aliphatic heterocycles. The van der Waals surface area contributed by atoms with Crippen molar-refractivity contribution in [3.8, 4) is 0 Å². The molecule has 0 unspecified atom stereocenters. The lowest BCUT2D eigenvalue weighted by atomic mass is 10.1. The van der Waals surface area contributed by atoms with Crippen LogP contribution >= 0.6 is 0 Å². The number of carbonyl (C=O) groups is 2. The van der Waals surface area contributed by atoms with Crippen molar-refractivity contribution in [2.75, 3.05) is 39.3 Å². The third-order valence-corrected chi connectivity index (χ3v) is 7.90. The normalized spacial score (nSPS) is 15.7. The van der Waals surface area contributed by atoms with E-state index in [-0.39, 0.29) is 18.9 Å². The van der Waals surface area contributed by atoms with Crippen LogP contribution in [0.3, 0.4) is 0 Å². The van der Waals surface area contributed by atoms with Gasteiger partial charge in [0.05, 0.1) is 29.3 Å². The number of nitrogens with zero attached hydrogens (tertiary/aromatic N) is 2. The number of Topliss-reactive ketones (excluding diaryl/α,β-unsaturated/α-hetero) is 1. The van der Waals surface area contributed by atoms with E-state index in [1.807, 2.05) is 17.9 Å². The first-order valence-electron chi connectivity index (χ1n) is 10.8. The van der Waals surface area contributed by atoms with Gasteiger partial charge in [-0.15, -0.1) is 0 Å². The maximum Gasteiger partial charge on any atom is 0.340 e. The highest BCUT2D eigenvalue weighted by molar-refractivity contribution is 7.89. The average molecular weight is 462 g/mol. The molecule has 2 heterocycles. The van der Waals surface area contributed by atoms with Crippen molar-refractivity contribution in [1.29, 1.82) is 0 Å². The van der Waals surface area contributed by atoms with Crippen LogP contribution in [0.15, 0.2) is 23.1 Å². The van der Waals surface area contributed by atoms with Crippen molar-refractivity contribution in [1.82, 2.24) is 14.2 Å². The minimum absolute atomic E-state index is 0.133. The summed E-state index contributed by atoms with van der Waals surface area (Å²) in [6.45, 7) is 10.9. The van der Waals surface area contributed by atoms with Crippen LogP contribution in [0.1, 0.15) is 50.2 Å². The van der Waals surface area contributed by atoms with Gasteiger partial charge >= 0.3 is 5.97 Å². The van der Waals surface area contributed by atoms with Gasteiger partial charge < -0.3 is 9.72 Å². The number of rotatable bonds is 7. The highest BCUT2D eigenvalue weighted by atomic mass is 32.2. The van der Waals surface area contributed by atoms with Gasteiger partial charge in [-0.1, -0.05) is 17.7 Å². The second-order valence-corrected chi connectivity index (χ2v) is 10.1. The predicted octanol–water partition coefficient (Wildman–Crippen LogP) is 2.61. The van der Waals surface area contributed by atoms with Crippen molar-refractivity contribution in [3.63, 3.8) is 0 Å². The number of aromatic amines is 1. The zero-order chi connectivity index (χ0) is 23.6. The van der Waals surface area contributed by atoms with Gasteiger partial charge in [-0.2, -0.15) is 4.31 Å². The smallest absolute Gasteiger partial charge is 0.340 e. The molecule has 0 radical (unpaired) electrons. The van der Waals surface area contributed by atoms with Gasteiger partial charge in [0.2, 0.25) is 10.0 Å². The number of hydrogen-bond donors (Lipinski definition) is 1. The van der Waals surface area contributed by atoms with Crippen LogP contribution < -0.4 is 0 Å². The van der Waals surface area contributed by atoms with E-state index in [1.165, 1.54) is 4.31 Å². The molecule has 0 amide bonds. The van der Waals surface area contributed by atoms with Crippen molar-refractivity contribution in [2.24, 2.45) is 0 Å². The Kier molecular flexibility index (Phi) is 7.22. The Morgan fingerprint density at radius 1 is 1.06 bits per heavy atom. The van der Waals surface area contributed by atoms with Gasteiger partial charge in [0, 0.05) is 31.9 Å². The van der Waals surface area contributed by atoms with Crippen LogP contribution in [0.2, 0.25) is 0 Å². The van der Waals surface area contributed by atoms with E-state index in [4.69, 9.17) is 4.74 Å². The molecule has 1 aliphatic rings. The lowest BCUT2D eigenvalue weighted by molar-refractivity contribution is 0.0525. The summed E-state index contributed by atoms with van der Waals surface area (Å²) in [6.07, 6.45) is 0. The lowest BCUT2D eigenvalue weighted by Gasteiger charge is -2.33. The molecule has 0 bridgehead atoms. The number of ether oxygens (including phenoxy) is 1. The number of nitrogens with one attached hydrogen (secondary N) is 1. The monoisotopic (exact) mass is 461 g/mol. The summed E-state index contributed by atoms with van der Waals surface area (Å²) < 4.78 is 32.7. The summed E-state index contributed by atoms with van der Waals surface area (Å²) in [7, 11) is -3.57. The third-order valence-electron chi connectivity index (χ3n) is 5.84. The summed E-state index contributed by atoms with van der Waals surface area (Å²) in [4.78, 5) is 30.4. The quantitative estimate of drug-likeness (QED) is 0.503. The molecule has 2 aromatic rings. The Labute approximate surface area is 189 Å². The van der Waals surface area contributed by atoms with E-state index in [1.54, 1.807) is 39.8 Å². The first-order chi connectivity index (χ1) is 15.1. The topological polar surface area (TPSA) is 99.8 Å². The minimum Gasteiger partial charge on any atom is -0.462 e. The van der Waals surface area contributed by atoms with E-state index in [0.29, 0.717) is 53.6 Å². The minimum atomic E-state index is -3.57. The molecule has 0 atom stereocenters. The van der Waals surface area contributed by atoms with Crippen molar-refractivity contribution in [2.45, 2.75) is 39.5 Å². The Morgan fingerprint density at radius 2 is 1.72 bits per heavy atom. The highest BCUT2D eigenvalue weighted by Crippen LogP contribution is 2.23. The molecule has 1 N–H and O–H groups in total. The van der Waals surface area contributed by atoms with Crippen molar-refractivity contribution >= 4 is 21.8 Å². The summed E-state index contributed by atoms with van der Waals surface area (Å²) in [5.74, 6) is -0.574. The maximum atomic E-state index is 13.1. The molecule has 32 heavy (non-hydrogen) atoms. The Balaban J connectivity index is 1.66. The molecular weight excluding hydrogens is 430 g/mol. The summed E-state index contributed by atoms with van der Waals surface area (Å²) in [6, 6.07) is 5.33. The Hall–Kier alpha value is -2.49. The van der Waals surface area contributed by atoms with Gasteiger partial charge in [0.25, 0.3) is 0 Å². The van der Waals surface area contributed by atoms with Crippen molar-refractivity contribution in [3.05, 3.63) is 51.8 Å². The molecule has 1 aromatic carbocycles. The van der Waals surface area contributed by atoms with Crippen LogP contribution in [0.4, 0.5) is 0 Å². The van der Waals surface area contributed by atoms with E-state index >= 15 is 0 Å². The molecule has 0 aliphatic carbocycles. The fourth-order valence-electron chi connectivity index (χ4n) is 4.18. The zero-order valence-electron chi connectivity index (χ0n) is 19.3. The van der Waals surface area contributed by atoms with E-state index in [9.17, 15) is 18.0 Å². The average Bonchev–Trinajstić information content (AvgIpc) is 3.02. The molecular formula is C23H31N3O5S. The predicted molar refractivity (Wildman–Crippen MR) is 122 cm³/mol. The number of piperazine rings is 1. The van der Waals surface area contributed by atoms with Crippen LogP contribution in [0, 0.1) is 27.7 Å². The molecule has 3 rings (SSSR count). The van der Waals surface area contributed by atoms with E-state index in [0.717, 1.165) is 11.1 Å². The Morgan fingerprint density at radius 3 is 2.31 bits per heavy atom. The molecule has 1 fully saturated rings. The summed E-state index contributed by atoms with van der Waals surface area (Å²) in [5.41, 5.74) is 3.74. The van der Waals surface area contributed by atoms with Crippen LogP contribution in [-0.4, -0.2) is 73.7 Å². The second kappa shape index (κ2) is 9.56. The summed E-state index contributed by atoms with van der Waals surface area (Å²) >= 11 is 0. The van der Waals surface area contributed by atoms with Crippen LogP contribution in [0.5, 0.6) is 0 Å². The van der Waals surface area contributed by atoms with Crippen LogP contribution in [0.25, 0.3) is 0 Å². The number of sulfonamides is 1. The fourth-order valence-corrected chi connectivity index (χ4v) is 5.80. The maximum absolute atomic E-state index is 13.1. The number of benzene rings is 1. The highest BCUT2D eigenvalue weighted by Gasteiger charge is 2.31. The molecule has 1 saturated heterocycles. The van der Waals surface area contributed by atoms with Gasteiger partial charge in [0.1, 0.15) is 0 Å². The van der Waals surface area contributed by atoms with Crippen molar-refractivity contribution < 1.29 is 22.7 Å². The van der Waals surface area contributed by atoms with Gasteiger partial charge in [-0.05, 0) is 51.8 Å². The van der Waals surface area contributed by atoms with Gasteiger partial charge in [-0.25, -0.2) is 13.2 Å². The molecule has 0 saturated carbocycles. The molecule has 174 valence electrons. The fraction of sp³-hybridized carbons (Fsp3) is 0.478. The summed E-state index contributed by atoms with van der Waals surface area (Å²) in [5, 5.41) is 0. The number of H-pyrrole nitrogens is 1. The Bertz CT molecular complexity index is 1130. The first kappa shape index (κ1) is 24.2. The molecule has 0 spiro atoms. The first-order valence-corrected chi connectivity index (χ1v) is 12.2.